The molecule has 2 aromatic heterocycles. The number of carbonyl (C=O) groups excluding carboxylic acids is 1. The molecule has 0 aliphatic heterocycles. The lowest BCUT2D eigenvalue weighted by Crippen LogP contribution is -2.23. The Hall–Kier alpha value is -2.93. The van der Waals surface area contributed by atoms with Crippen LogP contribution in [0.4, 0.5) is 0 Å². The minimum absolute atomic E-state index is 0.140. The molecule has 0 fully saturated rings. The van der Waals surface area contributed by atoms with E-state index in [0.29, 0.717) is 12.1 Å². The molecule has 0 aliphatic carbocycles. The fraction of sp³-hybridized carbons (Fsp3) is 0.125. The molecule has 0 unspecified atom stereocenters. The third-order valence-corrected chi connectivity index (χ3v) is 3.53. The zero-order chi connectivity index (χ0) is 16.9. The molecule has 0 radical (unpaired) electrons. The van der Waals surface area contributed by atoms with E-state index in [1.807, 2.05) is 24.3 Å². The third kappa shape index (κ3) is 3.52. The molecule has 122 valence electrons. The first-order valence-electron chi connectivity index (χ1n) is 7.03. The van der Waals surface area contributed by atoms with E-state index in [-0.39, 0.29) is 16.9 Å². The van der Waals surface area contributed by atoms with Crippen molar-refractivity contribution in [3.05, 3.63) is 59.2 Å². The number of hydrogen-bond donors (Lipinski definition) is 1. The molecule has 0 bridgehead atoms. The molecule has 0 atom stereocenters. The van der Waals surface area contributed by atoms with Gasteiger partial charge in [0.25, 0.3) is 0 Å². The summed E-state index contributed by atoms with van der Waals surface area (Å²) >= 11 is 5.97. The van der Waals surface area contributed by atoms with E-state index in [0.717, 1.165) is 11.3 Å². The van der Waals surface area contributed by atoms with Crippen molar-refractivity contribution >= 4 is 17.5 Å². The number of ether oxygens (including phenoxy) is 1. The fourth-order valence-electron chi connectivity index (χ4n) is 1.98. The monoisotopic (exact) mass is 344 g/mol. The van der Waals surface area contributed by atoms with Crippen LogP contribution in [-0.4, -0.2) is 28.1 Å². The van der Waals surface area contributed by atoms with Crippen molar-refractivity contribution in [3.8, 4) is 17.1 Å². The highest BCUT2D eigenvalue weighted by Crippen LogP contribution is 2.22. The number of methoxy groups -OCH3 is 1. The average Bonchev–Trinajstić information content (AvgIpc) is 3.10. The highest BCUT2D eigenvalue weighted by Gasteiger charge is 2.17. The lowest BCUT2D eigenvalue weighted by Gasteiger charge is -2.04. The van der Waals surface area contributed by atoms with Crippen LogP contribution in [0.3, 0.4) is 0 Å². The van der Waals surface area contributed by atoms with Crippen molar-refractivity contribution in [1.82, 2.24) is 20.4 Å². The molecular weight excluding hydrogens is 332 g/mol. The molecule has 0 spiro atoms. The Labute approximate surface area is 142 Å². The molecule has 3 rings (SSSR count). The summed E-state index contributed by atoms with van der Waals surface area (Å²) in [4.78, 5) is 20.1. The summed E-state index contributed by atoms with van der Waals surface area (Å²) in [6.45, 7) is 0.328. The Kier molecular flexibility index (Phi) is 4.72. The predicted octanol–water partition coefficient (Wildman–Crippen LogP) is 2.72. The van der Waals surface area contributed by atoms with Gasteiger partial charge in [0.05, 0.1) is 12.7 Å². The number of halogens is 1. The number of nitrogens with zero attached hydrogens (tertiary/aromatic N) is 3. The molecule has 24 heavy (non-hydrogen) atoms. The second-order valence-electron chi connectivity index (χ2n) is 4.80. The number of aromatic nitrogens is 3. The highest BCUT2D eigenvalue weighted by atomic mass is 35.5. The van der Waals surface area contributed by atoms with Crippen LogP contribution in [0, 0.1) is 0 Å². The van der Waals surface area contributed by atoms with E-state index >= 15 is 0 Å². The molecule has 0 aliphatic rings. The van der Waals surface area contributed by atoms with Crippen LogP contribution < -0.4 is 10.1 Å². The van der Waals surface area contributed by atoms with Gasteiger partial charge in [-0.25, -0.2) is 4.98 Å². The first-order chi connectivity index (χ1) is 11.7. The Morgan fingerprint density at radius 2 is 2.08 bits per heavy atom. The Morgan fingerprint density at radius 1 is 1.29 bits per heavy atom. The van der Waals surface area contributed by atoms with Gasteiger partial charge in [-0.2, -0.15) is 4.98 Å². The van der Waals surface area contributed by atoms with E-state index in [4.69, 9.17) is 20.9 Å². The second-order valence-corrected chi connectivity index (χ2v) is 5.15. The zero-order valence-electron chi connectivity index (χ0n) is 12.7. The number of amides is 1. The molecule has 0 saturated carbocycles. The van der Waals surface area contributed by atoms with Crippen molar-refractivity contribution in [3.63, 3.8) is 0 Å². The first kappa shape index (κ1) is 15.9. The van der Waals surface area contributed by atoms with Gasteiger partial charge >= 0.3 is 11.8 Å². The molecule has 1 amide bonds. The van der Waals surface area contributed by atoms with E-state index in [9.17, 15) is 4.79 Å². The minimum atomic E-state index is -0.468. The van der Waals surface area contributed by atoms with Gasteiger partial charge in [0.1, 0.15) is 10.9 Å². The number of carbonyl (C=O) groups is 1. The van der Waals surface area contributed by atoms with E-state index < -0.39 is 5.91 Å². The van der Waals surface area contributed by atoms with Gasteiger partial charge in [-0.15, -0.1) is 0 Å². The standard InChI is InChI=1S/C16H13ClN4O3/c1-23-11-6-4-10(5-7-11)9-19-15(22)16-20-14(21-24-16)12-3-2-8-18-13(12)17/h2-8H,9H2,1H3,(H,19,22). The Balaban J connectivity index is 1.66. The lowest BCUT2D eigenvalue weighted by atomic mass is 10.2. The molecule has 0 saturated heterocycles. The Morgan fingerprint density at radius 3 is 2.79 bits per heavy atom. The van der Waals surface area contributed by atoms with Crippen molar-refractivity contribution < 1.29 is 14.1 Å². The van der Waals surface area contributed by atoms with Crippen molar-refractivity contribution in [2.45, 2.75) is 6.54 Å². The highest BCUT2D eigenvalue weighted by molar-refractivity contribution is 6.31. The second kappa shape index (κ2) is 7.10. The summed E-state index contributed by atoms with van der Waals surface area (Å²) in [7, 11) is 1.60. The van der Waals surface area contributed by atoms with Crippen LogP contribution in [0.2, 0.25) is 5.15 Å². The summed E-state index contributed by atoms with van der Waals surface area (Å²) in [6, 6.07) is 10.7. The normalized spacial score (nSPS) is 10.4. The van der Waals surface area contributed by atoms with E-state index in [1.54, 1.807) is 25.4 Å². The van der Waals surface area contributed by atoms with Gasteiger partial charge in [0.15, 0.2) is 0 Å². The number of rotatable bonds is 5. The number of pyridine rings is 1. The maximum absolute atomic E-state index is 12.1. The van der Waals surface area contributed by atoms with Crippen LogP contribution in [0.5, 0.6) is 5.75 Å². The third-order valence-electron chi connectivity index (χ3n) is 3.23. The molecular formula is C16H13ClN4O3. The van der Waals surface area contributed by atoms with Crippen LogP contribution >= 0.6 is 11.6 Å². The van der Waals surface area contributed by atoms with E-state index in [1.165, 1.54) is 0 Å². The summed E-state index contributed by atoms with van der Waals surface area (Å²) in [5, 5.41) is 6.70. The zero-order valence-corrected chi connectivity index (χ0v) is 13.4. The van der Waals surface area contributed by atoms with Gasteiger partial charge in [-0.3, -0.25) is 4.79 Å². The molecule has 1 aromatic carbocycles. The number of nitrogens with one attached hydrogen (secondary N) is 1. The van der Waals surface area contributed by atoms with Crippen LogP contribution in [0.15, 0.2) is 47.1 Å². The van der Waals surface area contributed by atoms with Crippen molar-refractivity contribution in [2.75, 3.05) is 7.11 Å². The minimum Gasteiger partial charge on any atom is -0.497 e. The Bertz CT molecular complexity index is 849. The molecule has 3 aromatic rings. The number of hydrogen-bond acceptors (Lipinski definition) is 6. The SMILES string of the molecule is COc1ccc(CNC(=O)c2nc(-c3cccnc3Cl)no2)cc1. The fourth-order valence-corrected chi connectivity index (χ4v) is 2.18. The maximum Gasteiger partial charge on any atom is 0.316 e. The smallest absolute Gasteiger partial charge is 0.316 e. The topological polar surface area (TPSA) is 90.1 Å². The predicted molar refractivity (Wildman–Crippen MR) is 86.7 cm³/mol. The molecule has 2 heterocycles. The first-order valence-corrected chi connectivity index (χ1v) is 7.41. The van der Waals surface area contributed by atoms with Crippen LogP contribution in [0.25, 0.3) is 11.4 Å². The summed E-state index contributed by atoms with van der Waals surface area (Å²) in [5.74, 6) is 0.352. The van der Waals surface area contributed by atoms with Gasteiger partial charge < -0.3 is 14.6 Å². The molecule has 1 N–H and O–H groups in total. The van der Waals surface area contributed by atoms with Crippen LogP contribution in [0.1, 0.15) is 16.2 Å². The maximum atomic E-state index is 12.1. The summed E-state index contributed by atoms with van der Waals surface area (Å²) in [5.41, 5.74) is 1.41. The molecule has 7 nitrogen and oxygen atoms in total. The van der Waals surface area contributed by atoms with Gasteiger partial charge in [0, 0.05) is 12.7 Å². The van der Waals surface area contributed by atoms with Gasteiger partial charge in [0.2, 0.25) is 5.82 Å². The summed E-state index contributed by atoms with van der Waals surface area (Å²) in [6.07, 6.45) is 1.55. The van der Waals surface area contributed by atoms with E-state index in [2.05, 4.69) is 20.4 Å². The largest absolute Gasteiger partial charge is 0.497 e. The van der Waals surface area contributed by atoms with Crippen LogP contribution in [-0.2, 0) is 6.54 Å². The van der Waals surface area contributed by atoms with Crippen molar-refractivity contribution in [1.29, 1.82) is 0 Å². The summed E-state index contributed by atoms with van der Waals surface area (Å²) < 4.78 is 10.1. The molecule has 8 heteroatoms. The lowest BCUT2D eigenvalue weighted by molar-refractivity contribution is 0.0907. The van der Waals surface area contributed by atoms with Gasteiger partial charge in [-0.05, 0) is 29.8 Å². The van der Waals surface area contributed by atoms with Crippen molar-refractivity contribution in [2.24, 2.45) is 0 Å². The quantitative estimate of drug-likeness (QED) is 0.716. The average molecular weight is 345 g/mol. The van der Waals surface area contributed by atoms with Gasteiger partial charge in [-0.1, -0.05) is 28.9 Å². The number of benzene rings is 1.